The van der Waals surface area contributed by atoms with Crippen molar-refractivity contribution in [3.05, 3.63) is 34.3 Å². The molecular formula is C24H33ClN4O2S. The maximum atomic E-state index is 12.9. The Morgan fingerprint density at radius 3 is 2.62 bits per heavy atom. The van der Waals surface area contributed by atoms with Crippen LogP contribution in [-0.2, 0) is 0 Å². The molecule has 1 aliphatic carbocycles. The zero-order chi connectivity index (χ0) is 22.6. The highest BCUT2D eigenvalue weighted by Crippen LogP contribution is 2.34. The Labute approximate surface area is 201 Å². The van der Waals surface area contributed by atoms with Gasteiger partial charge in [-0.25, -0.2) is 4.98 Å². The van der Waals surface area contributed by atoms with Gasteiger partial charge in [-0.1, -0.05) is 26.7 Å². The van der Waals surface area contributed by atoms with Gasteiger partial charge in [-0.05, 0) is 58.0 Å². The summed E-state index contributed by atoms with van der Waals surface area (Å²) in [5.41, 5.74) is 2.05. The Balaban J connectivity index is 0.00000363. The maximum Gasteiger partial charge on any atom is 0.263 e. The molecule has 1 amide bonds. The number of nitrogens with zero attached hydrogens (tertiary/aromatic N) is 3. The molecule has 0 atom stereocenters. The zero-order valence-corrected chi connectivity index (χ0v) is 21.2. The van der Waals surface area contributed by atoms with Gasteiger partial charge in [0.05, 0.1) is 17.9 Å². The Bertz CT molecular complexity index is 975. The van der Waals surface area contributed by atoms with Crippen LogP contribution in [0.2, 0.25) is 0 Å². The average molecular weight is 477 g/mol. The van der Waals surface area contributed by atoms with Crippen molar-refractivity contribution in [2.45, 2.75) is 52.0 Å². The first-order valence-electron chi connectivity index (χ1n) is 10.9. The van der Waals surface area contributed by atoms with Crippen molar-refractivity contribution in [2.24, 2.45) is 5.92 Å². The van der Waals surface area contributed by atoms with Crippen LogP contribution < -0.4 is 10.1 Å². The van der Waals surface area contributed by atoms with Gasteiger partial charge in [0.15, 0.2) is 0 Å². The molecule has 0 radical (unpaired) electrons. The van der Waals surface area contributed by atoms with E-state index in [0.29, 0.717) is 41.0 Å². The number of thiazole rings is 1. The fourth-order valence-electron chi connectivity index (χ4n) is 4.00. The number of aromatic nitrogens is 1. The Morgan fingerprint density at radius 2 is 2.03 bits per heavy atom. The fourth-order valence-corrected chi connectivity index (χ4v) is 4.98. The van der Waals surface area contributed by atoms with Gasteiger partial charge >= 0.3 is 0 Å². The predicted octanol–water partition coefficient (Wildman–Crippen LogP) is 5.05. The molecule has 1 aromatic carbocycles. The number of nitrogens with one attached hydrogen (secondary N) is 1. The number of likely N-dealkylation sites (N-methyl/N-ethyl adjacent to an activating group) is 1. The topological polar surface area (TPSA) is 78.2 Å². The quantitative estimate of drug-likeness (QED) is 0.576. The van der Waals surface area contributed by atoms with Crippen LogP contribution >= 0.6 is 23.7 Å². The number of halogens is 1. The fraction of sp³-hybridized carbons (Fsp3) is 0.542. The molecule has 0 aliphatic heterocycles. The summed E-state index contributed by atoms with van der Waals surface area (Å²) in [6.07, 6.45) is 4.62. The van der Waals surface area contributed by atoms with E-state index >= 15 is 0 Å². The summed E-state index contributed by atoms with van der Waals surface area (Å²) >= 11 is 1.37. The molecule has 0 spiro atoms. The highest BCUT2D eigenvalue weighted by molar-refractivity contribution is 7.17. The van der Waals surface area contributed by atoms with Crippen molar-refractivity contribution < 1.29 is 9.53 Å². The van der Waals surface area contributed by atoms with Gasteiger partial charge < -0.3 is 15.0 Å². The van der Waals surface area contributed by atoms with E-state index in [0.717, 1.165) is 23.4 Å². The van der Waals surface area contributed by atoms with Crippen molar-refractivity contribution in [3.8, 4) is 22.4 Å². The number of aryl methyl sites for hydroxylation is 1. The lowest BCUT2D eigenvalue weighted by Crippen LogP contribution is -2.50. The van der Waals surface area contributed by atoms with Crippen molar-refractivity contribution in [2.75, 3.05) is 27.2 Å². The minimum absolute atomic E-state index is 0. The van der Waals surface area contributed by atoms with Gasteiger partial charge in [0.2, 0.25) is 0 Å². The molecule has 1 aromatic heterocycles. The van der Waals surface area contributed by atoms with Crippen LogP contribution in [0.25, 0.3) is 10.6 Å². The molecule has 1 heterocycles. The SMILES string of the molecule is Cc1nc(-c2ccc(OCC(C)C)c(C#N)c2)sc1C(=O)NCC1(N(C)C)CCCC1.Cl. The van der Waals surface area contributed by atoms with E-state index < -0.39 is 0 Å². The molecule has 32 heavy (non-hydrogen) atoms. The second-order valence-electron chi connectivity index (χ2n) is 8.97. The molecule has 0 saturated heterocycles. The van der Waals surface area contributed by atoms with Crippen LogP contribution in [0.4, 0.5) is 0 Å². The summed E-state index contributed by atoms with van der Waals surface area (Å²) in [4.78, 5) is 20.4. The van der Waals surface area contributed by atoms with Gasteiger partial charge in [-0.2, -0.15) is 5.26 Å². The molecule has 6 nitrogen and oxygen atoms in total. The zero-order valence-electron chi connectivity index (χ0n) is 19.5. The molecule has 0 unspecified atom stereocenters. The molecule has 2 aromatic rings. The summed E-state index contributed by atoms with van der Waals surface area (Å²) in [7, 11) is 4.18. The number of amides is 1. The smallest absolute Gasteiger partial charge is 0.263 e. The summed E-state index contributed by atoms with van der Waals surface area (Å²) in [6, 6.07) is 7.71. The van der Waals surface area contributed by atoms with E-state index in [1.54, 1.807) is 6.07 Å². The van der Waals surface area contributed by atoms with E-state index in [2.05, 4.69) is 49.2 Å². The standard InChI is InChI=1S/C24H32N4O2S.ClH/c1-16(2)14-30-20-9-8-18(12-19(20)13-25)23-27-17(3)21(31-23)22(29)26-15-24(28(4)5)10-6-7-11-24;/h8-9,12,16H,6-7,10-11,14-15H2,1-5H3,(H,26,29);1H. The average Bonchev–Trinajstić information content (AvgIpc) is 3.38. The van der Waals surface area contributed by atoms with E-state index in [4.69, 9.17) is 4.74 Å². The number of carbonyl (C=O) groups excluding carboxylic acids is 1. The van der Waals surface area contributed by atoms with Gasteiger partial charge in [0.1, 0.15) is 21.7 Å². The molecule has 1 saturated carbocycles. The molecule has 0 bridgehead atoms. The minimum atomic E-state index is -0.0771. The maximum absolute atomic E-state index is 12.9. The monoisotopic (exact) mass is 476 g/mol. The van der Waals surface area contributed by atoms with Gasteiger partial charge in [-0.3, -0.25) is 4.79 Å². The molecular weight excluding hydrogens is 444 g/mol. The highest BCUT2D eigenvalue weighted by Gasteiger charge is 2.36. The first kappa shape index (κ1) is 26.1. The van der Waals surface area contributed by atoms with Crippen LogP contribution in [0.1, 0.15) is 60.5 Å². The number of ether oxygens (including phenoxy) is 1. The normalized spacial score (nSPS) is 14.8. The summed E-state index contributed by atoms with van der Waals surface area (Å²) in [5.74, 6) is 0.883. The lowest BCUT2D eigenvalue weighted by atomic mass is 9.96. The predicted molar refractivity (Wildman–Crippen MR) is 132 cm³/mol. The first-order valence-corrected chi connectivity index (χ1v) is 11.7. The minimum Gasteiger partial charge on any atom is -0.492 e. The lowest BCUT2D eigenvalue weighted by molar-refractivity contribution is 0.0903. The van der Waals surface area contributed by atoms with E-state index in [9.17, 15) is 10.1 Å². The van der Waals surface area contributed by atoms with Crippen molar-refractivity contribution in [3.63, 3.8) is 0 Å². The number of hydrogen-bond acceptors (Lipinski definition) is 6. The number of nitriles is 1. The van der Waals surface area contributed by atoms with Gasteiger partial charge in [0.25, 0.3) is 5.91 Å². The lowest BCUT2D eigenvalue weighted by Gasteiger charge is -2.36. The summed E-state index contributed by atoms with van der Waals surface area (Å²) in [5, 5.41) is 13.4. The van der Waals surface area contributed by atoms with Crippen LogP contribution in [0.3, 0.4) is 0 Å². The molecule has 3 rings (SSSR count). The van der Waals surface area contributed by atoms with Crippen LogP contribution in [0.5, 0.6) is 5.75 Å². The van der Waals surface area contributed by atoms with Crippen molar-refractivity contribution in [1.82, 2.24) is 15.2 Å². The van der Waals surface area contributed by atoms with Gasteiger partial charge in [0, 0.05) is 17.6 Å². The second kappa shape index (κ2) is 11.1. The van der Waals surface area contributed by atoms with E-state index in [1.807, 2.05) is 19.1 Å². The molecule has 174 valence electrons. The van der Waals surface area contributed by atoms with Gasteiger partial charge in [-0.15, -0.1) is 23.7 Å². The first-order chi connectivity index (χ1) is 14.8. The second-order valence-corrected chi connectivity index (χ2v) is 9.97. The molecule has 1 fully saturated rings. The number of hydrogen-bond donors (Lipinski definition) is 1. The van der Waals surface area contributed by atoms with E-state index in [-0.39, 0.29) is 23.9 Å². The third-order valence-corrected chi connectivity index (χ3v) is 7.19. The van der Waals surface area contributed by atoms with Crippen LogP contribution in [0.15, 0.2) is 18.2 Å². The third-order valence-electron chi connectivity index (χ3n) is 5.98. The van der Waals surface area contributed by atoms with Crippen molar-refractivity contribution >= 4 is 29.7 Å². The Morgan fingerprint density at radius 1 is 1.34 bits per heavy atom. The molecule has 8 heteroatoms. The number of carbonyl (C=O) groups is 1. The van der Waals surface area contributed by atoms with Crippen LogP contribution in [0, 0.1) is 24.2 Å². The van der Waals surface area contributed by atoms with E-state index in [1.165, 1.54) is 24.2 Å². The third kappa shape index (κ3) is 5.80. The Hall–Kier alpha value is -2.14. The molecule has 1 aliphatic rings. The Kier molecular flexibility index (Phi) is 9.08. The summed E-state index contributed by atoms with van der Waals surface area (Å²) in [6.45, 7) is 7.20. The summed E-state index contributed by atoms with van der Waals surface area (Å²) < 4.78 is 5.75. The largest absolute Gasteiger partial charge is 0.492 e. The molecule has 1 N–H and O–H groups in total. The van der Waals surface area contributed by atoms with Crippen LogP contribution in [-0.4, -0.2) is 48.6 Å². The highest BCUT2D eigenvalue weighted by atomic mass is 35.5. The number of benzene rings is 1. The number of rotatable bonds is 8. The van der Waals surface area contributed by atoms with Crippen molar-refractivity contribution in [1.29, 1.82) is 5.26 Å².